The molecule has 1 heterocycles. The fourth-order valence-corrected chi connectivity index (χ4v) is 2.51. The highest BCUT2D eigenvalue weighted by molar-refractivity contribution is 7.20. The SMILES string of the molecule is OCc1cc(CCl)cc2cc(O)sc12. The topological polar surface area (TPSA) is 40.5 Å². The van der Waals surface area contributed by atoms with E-state index < -0.39 is 0 Å². The summed E-state index contributed by atoms with van der Waals surface area (Å²) < 4.78 is 0.930. The molecule has 74 valence electrons. The minimum absolute atomic E-state index is 0.0266. The quantitative estimate of drug-likeness (QED) is 0.776. The summed E-state index contributed by atoms with van der Waals surface area (Å²) in [6, 6.07) is 5.48. The summed E-state index contributed by atoms with van der Waals surface area (Å²) in [4.78, 5) is 0. The summed E-state index contributed by atoms with van der Waals surface area (Å²) in [5.74, 6) is 0.416. The highest BCUT2D eigenvalue weighted by Gasteiger charge is 2.07. The summed E-state index contributed by atoms with van der Waals surface area (Å²) >= 11 is 7.00. The molecule has 4 heteroatoms. The van der Waals surface area contributed by atoms with Gasteiger partial charge in [-0.3, -0.25) is 0 Å². The summed E-state index contributed by atoms with van der Waals surface area (Å²) in [5.41, 5.74) is 1.78. The third kappa shape index (κ3) is 1.59. The molecule has 0 spiro atoms. The van der Waals surface area contributed by atoms with Crippen LogP contribution in [0.2, 0.25) is 0 Å². The Balaban J connectivity index is 2.72. The fourth-order valence-electron chi connectivity index (χ4n) is 1.48. The number of hydrogen-bond acceptors (Lipinski definition) is 3. The van der Waals surface area contributed by atoms with Gasteiger partial charge < -0.3 is 10.2 Å². The molecule has 0 bridgehead atoms. The van der Waals surface area contributed by atoms with E-state index in [1.807, 2.05) is 12.1 Å². The number of fused-ring (bicyclic) bond motifs is 1. The molecule has 0 unspecified atom stereocenters. The molecule has 0 atom stereocenters. The highest BCUT2D eigenvalue weighted by atomic mass is 35.5. The van der Waals surface area contributed by atoms with Gasteiger partial charge in [-0.15, -0.1) is 11.6 Å². The average Bonchev–Trinajstić information content (AvgIpc) is 2.56. The molecule has 0 saturated heterocycles. The van der Waals surface area contributed by atoms with E-state index in [0.717, 1.165) is 21.2 Å². The zero-order chi connectivity index (χ0) is 10.1. The van der Waals surface area contributed by atoms with Crippen molar-refractivity contribution in [3.05, 3.63) is 29.3 Å². The third-order valence-corrected chi connectivity index (χ3v) is 3.40. The van der Waals surface area contributed by atoms with Crippen LogP contribution in [0.4, 0.5) is 0 Å². The number of aliphatic hydroxyl groups is 1. The molecule has 0 fully saturated rings. The molecular weight excluding hydrogens is 220 g/mol. The number of thiophene rings is 1. The first-order chi connectivity index (χ1) is 6.74. The van der Waals surface area contributed by atoms with Crippen molar-refractivity contribution in [3.8, 4) is 5.06 Å². The number of aromatic hydroxyl groups is 1. The normalized spacial score (nSPS) is 11.0. The third-order valence-electron chi connectivity index (χ3n) is 2.06. The summed E-state index contributed by atoms with van der Waals surface area (Å²) in [6.07, 6.45) is 0. The summed E-state index contributed by atoms with van der Waals surface area (Å²) in [6.45, 7) is -0.0266. The van der Waals surface area contributed by atoms with Gasteiger partial charge in [0.15, 0.2) is 5.06 Å². The Hall–Kier alpha value is -0.770. The van der Waals surface area contributed by atoms with Gasteiger partial charge in [0.1, 0.15) is 0 Å². The lowest BCUT2D eigenvalue weighted by Crippen LogP contribution is -1.86. The van der Waals surface area contributed by atoms with Crippen LogP contribution in [0.5, 0.6) is 5.06 Å². The standard InChI is InChI=1S/C10H9ClO2S/c11-4-6-1-7-3-9(13)14-10(7)8(2-6)5-12/h1-3,12-13H,4-5H2. The first-order valence-electron chi connectivity index (χ1n) is 4.15. The van der Waals surface area contributed by atoms with Crippen LogP contribution in [-0.4, -0.2) is 10.2 Å². The molecule has 0 aliphatic carbocycles. The van der Waals surface area contributed by atoms with E-state index in [-0.39, 0.29) is 11.7 Å². The van der Waals surface area contributed by atoms with Gasteiger partial charge in [-0.25, -0.2) is 0 Å². The van der Waals surface area contributed by atoms with Gasteiger partial charge in [0, 0.05) is 10.6 Å². The number of halogens is 1. The molecule has 0 aliphatic rings. The fraction of sp³-hybridized carbons (Fsp3) is 0.200. The lowest BCUT2D eigenvalue weighted by atomic mass is 10.1. The monoisotopic (exact) mass is 228 g/mol. The first kappa shape index (κ1) is 9.77. The molecule has 0 aliphatic heterocycles. The lowest BCUT2D eigenvalue weighted by Gasteiger charge is -2.01. The van der Waals surface area contributed by atoms with Crippen LogP contribution >= 0.6 is 22.9 Å². The number of rotatable bonds is 2. The minimum Gasteiger partial charge on any atom is -0.499 e. The Morgan fingerprint density at radius 1 is 1.29 bits per heavy atom. The van der Waals surface area contributed by atoms with Crippen LogP contribution in [0.1, 0.15) is 11.1 Å². The van der Waals surface area contributed by atoms with Crippen molar-refractivity contribution < 1.29 is 10.2 Å². The van der Waals surface area contributed by atoms with Crippen molar-refractivity contribution in [1.82, 2.24) is 0 Å². The molecule has 2 aromatic rings. The summed E-state index contributed by atoms with van der Waals surface area (Å²) in [7, 11) is 0. The number of benzene rings is 1. The van der Waals surface area contributed by atoms with Crippen molar-refractivity contribution in [2.75, 3.05) is 0 Å². The average molecular weight is 229 g/mol. The van der Waals surface area contributed by atoms with Crippen molar-refractivity contribution >= 4 is 33.0 Å². The Bertz CT molecular complexity index is 464. The maximum absolute atomic E-state index is 9.34. The maximum Gasteiger partial charge on any atom is 0.172 e. The number of hydrogen-bond donors (Lipinski definition) is 2. The second-order valence-corrected chi connectivity index (χ2v) is 4.35. The van der Waals surface area contributed by atoms with E-state index in [4.69, 9.17) is 16.7 Å². The molecule has 2 rings (SSSR count). The predicted octanol–water partition coefficient (Wildman–Crippen LogP) is 2.84. The second-order valence-electron chi connectivity index (χ2n) is 3.05. The van der Waals surface area contributed by atoms with Gasteiger partial charge in [-0.1, -0.05) is 17.4 Å². The van der Waals surface area contributed by atoms with Crippen LogP contribution in [0.3, 0.4) is 0 Å². The lowest BCUT2D eigenvalue weighted by molar-refractivity contribution is 0.283. The van der Waals surface area contributed by atoms with Gasteiger partial charge >= 0.3 is 0 Å². The molecular formula is C10H9ClO2S. The van der Waals surface area contributed by atoms with E-state index in [1.165, 1.54) is 11.3 Å². The Labute approximate surface area is 90.4 Å². The molecule has 2 nitrogen and oxygen atoms in total. The largest absolute Gasteiger partial charge is 0.499 e. The second kappa shape index (κ2) is 3.77. The Kier molecular flexibility index (Phi) is 2.63. The van der Waals surface area contributed by atoms with E-state index in [0.29, 0.717) is 5.88 Å². The highest BCUT2D eigenvalue weighted by Crippen LogP contribution is 2.34. The molecule has 1 aromatic carbocycles. The van der Waals surface area contributed by atoms with Gasteiger partial charge in [-0.2, -0.15) is 0 Å². The smallest absolute Gasteiger partial charge is 0.172 e. The van der Waals surface area contributed by atoms with E-state index >= 15 is 0 Å². The van der Waals surface area contributed by atoms with Crippen molar-refractivity contribution in [1.29, 1.82) is 0 Å². The van der Waals surface area contributed by atoms with Crippen molar-refractivity contribution in [3.63, 3.8) is 0 Å². The maximum atomic E-state index is 9.34. The number of alkyl halides is 1. The number of aliphatic hydroxyl groups excluding tert-OH is 1. The van der Waals surface area contributed by atoms with Crippen molar-refractivity contribution in [2.24, 2.45) is 0 Å². The van der Waals surface area contributed by atoms with E-state index in [1.54, 1.807) is 6.07 Å². The predicted molar refractivity (Wildman–Crippen MR) is 59.0 cm³/mol. The van der Waals surface area contributed by atoms with Gasteiger partial charge in [0.2, 0.25) is 0 Å². The molecule has 2 N–H and O–H groups in total. The Morgan fingerprint density at radius 3 is 2.71 bits per heavy atom. The van der Waals surface area contributed by atoms with Crippen LogP contribution in [-0.2, 0) is 12.5 Å². The molecule has 0 amide bonds. The molecule has 1 aromatic heterocycles. The zero-order valence-electron chi connectivity index (χ0n) is 7.33. The molecule has 0 saturated carbocycles. The molecule has 14 heavy (non-hydrogen) atoms. The van der Waals surface area contributed by atoms with E-state index in [9.17, 15) is 5.11 Å². The van der Waals surface area contributed by atoms with Crippen LogP contribution < -0.4 is 0 Å². The zero-order valence-corrected chi connectivity index (χ0v) is 8.90. The summed E-state index contributed by atoms with van der Waals surface area (Å²) in [5, 5.41) is 19.7. The Morgan fingerprint density at radius 2 is 2.07 bits per heavy atom. The van der Waals surface area contributed by atoms with Gasteiger partial charge in [-0.05, 0) is 28.6 Å². The van der Waals surface area contributed by atoms with Crippen LogP contribution in [0.25, 0.3) is 10.1 Å². The van der Waals surface area contributed by atoms with Crippen LogP contribution in [0.15, 0.2) is 18.2 Å². The first-order valence-corrected chi connectivity index (χ1v) is 5.51. The van der Waals surface area contributed by atoms with Crippen LogP contribution in [0, 0.1) is 0 Å². The molecule has 0 radical (unpaired) electrons. The van der Waals surface area contributed by atoms with E-state index in [2.05, 4.69) is 0 Å². The minimum atomic E-state index is -0.0266. The van der Waals surface area contributed by atoms with Crippen molar-refractivity contribution in [2.45, 2.75) is 12.5 Å². The van der Waals surface area contributed by atoms with Gasteiger partial charge in [0.05, 0.1) is 6.61 Å². The van der Waals surface area contributed by atoms with Gasteiger partial charge in [0.25, 0.3) is 0 Å².